The zero-order valence-corrected chi connectivity index (χ0v) is 13.5. The summed E-state index contributed by atoms with van der Waals surface area (Å²) in [5.41, 5.74) is 2.70. The van der Waals surface area contributed by atoms with E-state index in [9.17, 15) is 0 Å². The lowest BCUT2D eigenvalue weighted by Crippen LogP contribution is -2.19. The largest absolute Gasteiger partial charge is 0.382 e. The third-order valence-electron chi connectivity index (χ3n) is 5.37. The summed E-state index contributed by atoms with van der Waals surface area (Å²) >= 11 is 0. The van der Waals surface area contributed by atoms with E-state index in [1.165, 1.54) is 75.8 Å². The molecule has 0 aromatic heterocycles. The highest BCUT2D eigenvalue weighted by Crippen LogP contribution is 2.28. The average molecular weight is 286 g/mol. The highest BCUT2D eigenvalue weighted by atomic mass is 15.1. The molecule has 0 bridgehead atoms. The maximum atomic E-state index is 3.76. The van der Waals surface area contributed by atoms with E-state index >= 15 is 0 Å². The maximum Gasteiger partial charge on any atom is 0.0367 e. The third kappa shape index (κ3) is 3.93. The number of benzene rings is 1. The second kappa shape index (κ2) is 7.20. The average Bonchev–Trinajstić information content (AvgIpc) is 2.96. The van der Waals surface area contributed by atoms with Gasteiger partial charge in [-0.3, -0.25) is 0 Å². The van der Waals surface area contributed by atoms with Crippen LogP contribution in [0.5, 0.6) is 0 Å². The SMILES string of the molecule is CCC1CCCC(Nc2ccc(N3CCCC3)cc2)CC1. The van der Waals surface area contributed by atoms with Crippen molar-refractivity contribution >= 4 is 11.4 Å². The van der Waals surface area contributed by atoms with Crippen LogP contribution in [0.1, 0.15) is 58.3 Å². The Labute approximate surface area is 129 Å². The van der Waals surface area contributed by atoms with Crippen molar-refractivity contribution in [1.82, 2.24) is 0 Å². The Balaban J connectivity index is 1.54. The van der Waals surface area contributed by atoms with Gasteiger partial charge in [-0.1, -0.05) is 26.2 Å². The lowest BCUT2D eigenvalue weighted by Gasteiger charge is -2.20. The summed E-state index contributed by atoms with van der Waals surface area (Å²) in [6.07, 6.45) is 11.0. The van der Waals surface area contributed by atoms with Gasteiger partial charge in [0.05, 0.1) is 0 Å². The van der Waals surface area contributed by atoms with Crippen LogP contribution < -0.4 is 10.2 Å². The molecule has 116 valence electrons. The molecule has 21 heavy (non-hydrogen) atoms. The molecule has 1 N–H and O–H groups in total. The van der Waals surface area contributed by atoms with E-state index in [4.69, 9.17) is 0 Å². The first-order valence-electron chi connectivity index (χ1n) is 8.96. The van der Waals surface area contributed by atoms with Crippen molar-refractivity contribution in [2.24, 2.45) is 5.92 Å². The summed E-state index contributed by atoms with van der Waals surface area (Å²) < 4.78 is 0. The first-order valence-corrected chi connectivity index (χ1v) is 8.96. The number of rotatable bonds is 4. The van der Waals surface area contributed by atoms with E-state index in [0.29, 0.717) is 6.04 Å². The zero-order chi connectivity index (χ0) is 14.5. The molecule has 1 saturated heterocycles. The number of hydrogen-bond donors (Lipinski definition) is 1. The van der Waals surface area contributed by atoms with E-state index in [2.05, 4.69) is 41.4 Å². The zero-order valence-electron chi connectivity index (χ0n) is 13.5. The van der Waals surface area contributed by atoms with Gasteiger partial charge in [0.2, 0.25) is 0 Å². The molecule has 1 aliphatic carbocycles. The van der Waals surface area contributed by atoms with Crippen molar-refractivity contribution in [2.75, 3.05) is 23.3 Å². The maximum absolute atomic E-state index is 3.76. The summed E-state index contributed by atoms with van der Waals surface area (Å²) in [4.78, 5) is 2.50. The van der Waals surface area contributed by atoms with Crippen LogP contribution >= 0.6 is 0 Å². The lowest BCUT2D eigenvalue weighted by atomic mass is 9.98. The Morgan fingerprint density at radius 2 is 1.71 bits per heavy atom. The van der Waals surface area contributed by atoms with Gasteiger partial charge in [-0.25, -0.2) is 0 Å². The van der Waals surface area contributed by atoms with Gasteiger partial charge < -0.3 is 10.2 Å². The molecule has 2 fully saturated rings. The molecule has 1 saturated carbocycles. The highest BCUT2D eigenvalue weighted by Gasteiger charge is 2.18. The topological polar surface area (TPSA) is 15.3 Å². The van der Waals surface area contributed by atoms with Crippen molar-refractivity contribution in [3.05, 3.63) is 24.3 Å². The van der Waals surface area contributed by atoms with Crippen LogP contribution in [-0.4, -0.2) is 19.1 Å². The Morgan fingerprint density at radius 1 is 0.952 bits per heavy atom. The fraction of sp³-hybridized carbons (Fsp3) is 0.684. The molecule has 1 heterocycles. The molecule has 1 aromatic rings. The summed E-state index contributed by atoms with van der Waals surface area (Å²) in [5.74, 6) is 0.967. The van der Waals surface area contributed by atoms with Crippen molar-refractivity contribution in [1.29, 1.82) is 0 Å². The summed E-state index contributed by atoms with van der Waals surface area (Å²) in [5, 5.41) is 3.76. The minimum atomic E-state index is 0.680. The standard InChI is InChI=1S/C19H30N2/c1-2-16-6-5-7-17(9-8-16)20-18-10-12-19(13-11-18)21-14-3-4-15-21/h10-13,16-17,20H,2-9,14-15H2,1H3. The second-order valence-electron chi connectivity index (χ2n) is 6.86. The van der Waals surface area contributed by atoms with Gasteiger partial charge in [-0.05, 0) is 62.3 Å². The van der Waals surface area contributed by atoms with Gasteiger partial charge in [-0.15, -0.1) is 0 Å². The van der Waals surface area contributed by atoms with Crippen LogP contribution in [0.15, 0.2) is 24.3 Å². The van der Waals surface area contributed by atoms with Crippen LogP contribution in [0.25, 0.3) is 0 Å². The predicted molar refractivity (Wildman–Crippen MR) is 92.2 cm³/mol. The molecular weight excluding hydrogens is 256 g/mol. The van der Waals surface area contributed by atoms with Crippen molar-refractivity contribution in [3.8, 4) is 0 Å². The van der Waals surface area contributed by atoms with Gasteiger partial charge in [0.1, 0.15) is 0 Å². The molecule has 2 heteroatoms. The second-order valence-corrected chi connectivity index (χ2v) is 6.86. The molecule has 2 nitrogen and oxygen atoms in total. The molecule has 2 aliphatic rings. The number of nitrogens with one attached hydrogen (secondary N) is 1. The van der Waals surface area contributed by atoms with E-state index < -0.39 is 0 Å². The van der Waals surface area contributed by atoms with Gasteiger partial charge in [0, 0.05) is 30.5 Å². The Morgan fingerprint density at radius 3 is 2.43 bits per heavy atom. The number of hydrogen-bond acceptors (Lipinski definition) is 2. The first-order chi connectivity index (χ1) is 10.3. The summed E-state index contributed by atoms with van der Waals surface area (Å²) in [7, 11) is 0. The van der Waals surface area contributed by atoms with Crippen molar-refractivity contribution in [2.45, 2.75) is 64.3 Å². The minimum Gasteiger partial charge on any atom is -0.382 e. The van der Waals surface area contributed by atoms with Crippen LogP contribution in [0, 0.1) is 5.92 Å². The van der Waals surface area contributed by atoms with Gasteiger partial charge in [0.15, 0.2) is 0 Å². The highest BCUT2D eigenvalue weighted by molar-refractivity contribution is 5.55. The van der Waals surface area contributed by atoms with Crippen LogP contribution in [0.2, 0.25) is 0 Å². The van der Waals surface area contributed by atoms with Crippen LogP contribution in [0.3, 0.4) is 0 Å². The van der Waals surface area contributed by atoms with E-state index in [1.54, 1.807) is 0 Å². The fourth-order valence-electron chi connectivity index (χ4n) is 3.91. The third-order valence-corrected chi connectivity index (χ3v) is 5.37. The van der Waals surface area contributed by atoms with E-state index in [0.717, 1.165) is 5.92 Å². The molecule has 1 aromatic carbocycles. The predicted octanol–water partition coefficient (Wildman–Crippen LogP) is 5.06. The molecular formula is C19H30N2. The Bertz CT molecular complexity index is 420. The van der Waals surface area contributed by atoms with E-state index in [1.807, 2.05) is 0 Å². The normalized spacial score (nSPS) is 26.6. The van der Waals surface area contributed by atoms with Gasteiger partial charge >= 0.3 is 0 Å². The van der Waals surface area contributed by atoms with Gasteiger partial charge in [-0.2, -0.15) is 0 Å². The quantitative estimate of drug-likeness (QED) is 0.778. The van der Waals surface area contributed by atoms with Gasteiger partial charge in [0.25, 0.3) is 0 Å². The molecule has 1 aliphatic heterocycles. The van der Waals surface area contributed by atoms with Crippen molar-refractivity contribution < 1.29 is 0 Å². The lowest BCUT2D eigenvalue weighted by molar-refractivity contribution is 0.444. The van der Waals surface area contributed by atoms with Crippen molar-refractivity contribution in [3.63, 3.8) is 0 Å². The first kappa shape index (κ1) is 14.7. The number of nitrogens with zero attached hydrogens (tertiary/aromatic N) is 1. The van der Waals surface area contributed by atoms with E-state index in [-0.39, 0.29) is 0 Å². The number of anilines is 2. The Kier molecular flexibility index (Phi) is 5.05. The molecule has 2 atom stereocenters. The smallest absolute Gasteiger partial charge is 0.0367 e. The molecule has 2 unspecified atom stereocenters. The molecule has 0 radical (unpaired) electrons. The molecule has 0 amide bonds. The van der Waals surface area contributed by atoms with Crippen LogP contribution in [-0.2, 0) is 0 Å². The molecule has 0 spiro atoms. The molecule has 3 rings (SSSR count). The fourth-order valence-corrected chi connectivity index (χ4v) is 3.91. The Hall–Kier alpha value is -1.18. The monoisotopic (exact) mass is 286 g/mol. The summed E-state index contributed by atoms with van der Waals surface area (Å²) in [6.45, 7) is 4.80. The minimum absolute atomic E-state index is 0.680. The van der Waals surface area contributed by atoms with Crippen LogP contribution in [0.4, 0.5) is 11.4 Å². The summed E-state index contributed by atoms with van der Waals surface area (Å²) in [6, 6.07) is 9.81.